The normalized spacial score (nSPS) is 14.5. The van der Waals surface area contributed by atoms with Crippen molar-refractivity contribution in [2.45, 2.75) is 12.8 Å². The van der Waals surface area contributed by atoms with Crippen molar-refractivity contribution < 1.29 is 14.0 Å². The molecule has 1 aromatic heterocycles. The van der Waals surface area contributed by atoms with Gasteiger partial charge in [0.1, 0.15) is 5.52 Å². The lowest BCUT2D eigenvalue weighted by Crippen LogP contribution is -2.23. The maximum absolute atomic E-state index is 12.1. The molecule has 3 aromatic rings. The van der Waals surface area contributed by atoms with Crippen molar-refractivity contribution >= 4 is 40.4 Å². The fourth-order valence-corrected chi connectivity index (χ4v) is 2.96. The van der Waals surface area contributed by atoms with Crippen molar-refractivity contribution in [1.29, 1.82) is 0 Å². The average molecular weight is 347 g/mol. The third kappa shape index (κ3) is 3.35. The molecule has 0 atom stereocenters. The van der Waals surface area contributed by atoms with Crippen LogP contribution in [0.3, 0.4) is 0 Å². The van der Waals surface area contributed by atoms with Gasteiger partial charge >= 0.3 is 0 Å². The molecule has 2 amide bonds. The summed E-state index contributed by atoms with van der Waals surface area (Å²) < 4.78 is 5.54. The van der Waals surface area contributed by atoms with Gasteiger partial charge in [-0.3, -0.25) is 9.59 Å². The van der Waals surface area contributed by atoms with E-state index >= 15 is 0 Å². The number of benzene rings is 2. The number of nitrogens with zero attached hydrogens (tertiary/aromatic N) is 2. The van der Waals surface area contributed by atoms with E-state index in [2.05, 4.69) is 10.3 Å². The van der Waals surface area contributed by atoms with E-state index in [1.165, 1.54) is 12.2 Å². The number of rotatable bonds is 4. The second-order valence-corrected chi connectivity index (χ2v) is 6.04. The van der Waals surface area contributed by atoms with Gasteiger partial charge in [0.25, 0.3) is 0 Å². The summed E-state index contributed by atoms with van der Waals surface area (Å²) in [6, 6.07) is 14.7. The molecule has 0 radical (unpaired) electrons. The summed E-state index contributed by atoms with van der Waals surface area (Å²) in [5.74, 6) is 0.194. The number of nitrogens with one attached hydrogen (secondary N) is 1. The van der Waals surface area contributed by atoms with Crippen molar-refractivity contribution in [1.82, 2.24) is 4.98 Å². The summed E-state index contributed by atoms with van der Waals surface area (Å²) in [6.07, 6.45) is 4.34. The van der Waals surface area contributed by atoms with E-state index in [-0.39, 0.29) is 11.8 Å². The van der Waals surface area contributed by atoms with Crippen LogP contribution >= 0.6 is 0 Å². The summed E-state index contributed by atoms with van der Waals surface area (Å²) in [5.41, 5.74) is 2.86. The Kier molecular flexibility index (Phi) is 4.23. The summed E-state index contributed by atoms with van der Waals surface area (Å²) in [5, 5.41) is 2.79. The Bertz CT molecular complexity index is 973. The first-order chi connectivity index (χ1) is 12.7. The number of amides is 2. The molecule has 6 nitrogen and oxygen atoms in total. The molecule has 0 saturated carbocycles. The van der Waals surface area contributed by atoms with Crippen LogP contribution in [0.4, 0.5) is 11.4 Å². The van der Waals surface area contributed by atoms with Gasteiger partial charge in [-0.25, -0.2) is 4.98 Å². The van der Waals surface area contributed by atoms with Crippen LogP contribution in [0, 0.1) is 0 Å². The molecule has 6 heteroatoms. The van der Waals surface area contributed by atoms with Crippen LogP contribution in [-0.4, -0.2) is 23.3 Å². The fourth-order valence-electron chi connectivity index (χ4n) is 2.96. The van der Waals surface area contributed by atoms with Gasteiger partial charge < -0.3 is 14.6 Å². The highest BCUT2D eigenvalue weighted by molar-refractivity contribution is 6.02. The molecule has 2 heterocycles. The van der Waals surface area contributed by atoms with E-state index in [0.717, 1.165) is 17.6 Å². The minimum absolute atomic E-state index is 0.115. The van der Waals surface area contributed by atoms with Gasteiger partial charge in [0.2, 0.25) is 17.7 Å². The van der Waals surface area contributed by atoms with Crippen molar-refractivity contribution in [2.24, 2.45) is 0 Å². The Morgan fingerprint density at radius 3 is 2.88 bits per heavy atom. The molecule has 1 N–H and O–H groups in total. The van der Waals surface area contributed by atoms with E-state index in [9.17, 15) is 9.59 Å². The number of hydrogen-bond donors (Lipinski definition) is 1. The molecule has 130 valence electrons. The first-order valence-corrected chi connectivity index (χ1v) is 8.44. The van der Waals surface area contributed by atoms with Crippen LogP contribution in [-0.2, 0) is 9.59 Å². The van der Waals surface area contributed by atoms with Crippen molar-refractivity contribution in [3.8, 4) is 0 Å². The van der Waals surface area contributed by atoms with Crippen LogP contribution in [0.25, 0.3) is 17.2 Å². The second kappa shape index (κ2) is 6.84. The molecular weight excluding hydrogens is 330 g/mol. The molecule has 2 aromatic carbocycles. The zero-order valence-corrected chi connectivity index (χ0v) is 14.0. The van der Waals surface area contributed by atoms with Gasteiger partial charge in [0.15, 0.2) is 5.58 Å². The molecule has 0 spiro atoms. The van der Waals surface area contributed by atoms with E-state index in [1.807, 2.05) is 36.4 Å². The Morgan fingerprint density at radius 2 is 2.08 bits per heavy atom. The highest BCUT2D eigenvalue weighted by Crippen LogP contribution is 2.24. The van der Waals surface area contributed by atoms with Gasteiger partial charge in [-0.1, -0.05) is 18.2 Å². The number of carbonyl (C=O) groups is 2. The molecule has 26 heavy (non-hydrogen) atoms. The number of oxazole rings is 1. The van der Waals surface area contributed by atoms with Crippen LogP contribution in [0.15, 0.2) is 59.0 Å². The smallest absolute Gasteiger partial charge is 0.248 e. The van der Waals surface area contributed by atoms with Gasteiger partial charge in [-0.05, 0) is 36.8 Å². The molecule has 4 rings (SSSR count). The number of anilines is 2. The van der Waals surface area contributed by atoms with Gasteiger partial charge in [-0.2, -0.15) is 0 Å². The van der Waals surface area contributed by atoms with E-state index in [1.54, 1.807) is 17.0 Å². The SMILES string of the molecule is O=C(C=Cc1nc2ccccc2o1)Nc1cccc(N2CCCC2=O)c1. The second-order valence-electron chi connectivity index (χ2n) is 6.04. The Labute approximate surface area is 150 Å². The lowest BCUT2D eigenvalue weighted by molar-refractivity contribution is -0.117. The highest BCUT2D eigenvalue weighted by Gasteiger charge is 2.21. The quantitative estimate of drug-likeness (QED) is 0.732. The first-order valence-electron chi connectivity index (χ1n) is 8.44. The number of aromatic nitrogens is 1. The third-order valence-corrected chi connectivity index (χ3v) is 4.19. The Hall–Kier alpha value is -3.41. The Balaban J connectivity index is 1.45. The molecule has 0 aliphatic carbocycles. The first kappa shape index (κ1) is 16.1. The summed E-state index contributed by atoms with van der Waals surface area (Å²) in [7, 11) is 0. The minimum Gasteiger partial charge on any atom is -0.437 e. The van der Waals surface area contributed by atoms with Crippen LogP contribution in [0.5, 0.6) is 0 Å². The topological polar surface area (TPSA) is 75.4 Å². The molecule has 1 saturated heterocycles. The molecular formula is C20H17N3O3. The standard InChI is InChI=1S/C20H17N3O3/c24-18(10-11-19-22-16-7-1-2-8-17(16)26-19)21-14-5-3-6-15(13-14)23-12-4-9-20(23)25/h1-3,5-8,10-11,13H,4,9,12H2,(H,21,24). The van der Waals surface area contributed by atoms with Crippen LogP contribution in [0.2, 0.25) is 0 Å². The van der Waals surface area contributed by atoms with Crippen LogP contribution in [0.1, 0.15) is 18.7 Å². The third-order valence-electron chi connectivity index (χ3n) is 4.19. The van der Waals surface area contributed by atoms with Gasteiger partial charge in [-0.15, -0.1) is 0 Å². The lowest BCUT2D eigenvalue weighted by atomic mass is 10.2. The van der Waals surface area contributed by atoms with Crippen LogP contribution < -0.4 is 10.2 Å². The number of para-hydroxylation sites is 2. The molecule has 1 aliphatic rings. The lowest BCUT2D eigenvalue weighted by Gasteiger charge is -2.16. The van der Waals surface area contributed by atoms with E-state index in [4.69, 9.17) is 4.42 Å². The number of carbonyl (C=O) groups excluding carboxylic acids is 2. The predicted octanol–water partition coefficient (Wildman–Crippen LogP) is 3.61. The largest absolute Gasteiger partial charge is 0.437 e. The molecule has 1 fully saturated rings. The summed E-state index contributed by atoms with van der Waals surface area (Å²) in [4.78, 5) is 30.0. The highest BCUT2D eigenvalue weighted by atomic mass is 16.3. The summed E-state index contributed by atoms with van der Waals surface area (Å²) in [6.45, 7) is 0.716. The monoisotopic (exact) mass is 347 g/mol. The zero-order chi connectivity index (χ0) is 17.9. The van der Waals surface area contributed by atoms with Crippen molar-refractivity contribution in [3.63, 3.8) is 0 Å². The van der Waals surface area contributed by atoms with Crippen molar-refractivity contribution in [2.75, 3.05) is 16.8 Å². The summed E-state index contributed by atoms with van der Waals surface area (Å²) >= 11 is 0. The van der Waals surface area contributed by atoms with Gasteiger partial charge in [0, 0.05) is 36.5 Å². The minimum atomic E-state index is -0.294. The molecule has 1 aliphatic heterocycles. The zero-order valence-electron chi connectivity index (χ0n) is 14.0. The van der Waals surface area contributed by atoms with Gasteiger partial charge in [0.05, 0.1) is 0 Å². The maximum atomic E-state index is 12.1. The average Bonchev–Trinajstić information content (AvgIpc) is 3.25. The van der Waals surface area contributed by atoms with E-state index < -0.39 is 0 Å². The molecule has 0 unspecified atom stereocenters. The maximum Gasteiger partial charge on any atom is 0.248 e. The van der Waals surface area contributed by atoms with Crippen molar-refractivity contribution in [3.05, 3.63) is 60.5 Å². The molecule has 0 bridgehead atoms. The number of hydrogen-bond acceptors (Lipinski definition) is 4. The Morgan fingerprint density at radius 1 is 1.19 bits per heavy atom. The predicted molar refractivity (Wildman–Crippen MR) is 99.7 cm³/mol. The fraction of sp³-hybridized carbons (Fsp3) is 0.150. The number of fused-ring (bicyclic) bond motifs is 1. The van der Waals surface area contributed by atoms with E-state index in [0.29, 0.717) is 30.1 Å².